The summed E-state index contributed by atoms with van der Waals surface area (Å²) in [7, 11) is 0. The molecule has 1 amide bonds. The van der Waals surface area contributed by atoms with E-state index in [1.54, 1.807) is 0 Å². The minimum atomic E-state index is 0. The number of nitrogens with one attached hydrogen (secondary N) is 1. The van der Waals surface area contributed by atoms with Crippen LogP contribution in [0.3, 0.4) is 0 Å². The van der Waals surface area contributed by atoms with Crippen molar-refractivity contribution >= 4 is 24.0 Å². The molecule has 1 aliphatic rings. The van der Waals surface area contributed by atoms with Crippen LogP contribution in [0.25, 0.3) is 0 Å². The number of benzene rings is 1. The second-order valence-corrected chi connectivity index (χ2v) is 4.36. The Kier molecular flexibility index (Phi) is 5.95. The van der Waals surface area contributed by atoms with Crippen molar-refractivity contribution in [3.8, 4) is 5.75 Å². The lowest BCUT2D eigenvalue weighted by Gasteiger charge is -2.07. The average Bonchev–Trinajstić information content (AvgIpc) is 3.12. The van der Waals surface area contributed by atoms with Crippen LogP contribution in [0.1, 0.15) is 19.3 Å². The third-order valence-electron chi connectivity index (χ3n) is 2.70. The molecule has 0 aromatic heterocycles. The lowest BCUT2D eigenvalue weighted by Crippen LogP contribution is -2.12. The van der Waals surface area contributed by atoms with E-state index in [0.717, 1.165) is 11.4 Å². The van der Waals surface area contributed by atoms with Crippen LogP contribution in [0.15, 0.2) is 24.3 Å². The van der Waals surface area contributed by atoms with E-state index < -0.39 is 0 Å². The molecule has 0 bridgehead atoms. The number of halogens is 1. The molecule has 1 fully saturated rings. The maximum atomic E-state index is 11.6. The van der Waals surface area contributed by atoms with Gasteiger partial charge in [0.1, 0.15) is 12.4 Å². The van der Waals surface area contributed by atoms with Crippen LogP contribution in [-0.4, -0.2) is 19.1 Å². The quantitative estimate of drug-likeness (QED) is 0.833. The van der Waals surface area contributed by atoms with Crippen molar-refractivity contribution in [3.05, 3.63) is 24.3 Å². The van der Waals surface area contributed by atoms with E-state index in [1.807, 2.05) is 24.3 Å². The zero-order valence-corrected chi connectivity index (χ0v) is 11.0. The van der Waals surface area contributed by atoms with Gasteiger partial charge in [0.25, 0.3) is 0 Å². The number of anilines is 1. The number of ether oxygens (including phenoxy) is 1. The summed E-state index contributed by atoms with van der Waals surface area (Å²) in [6.45, 7) is 1.01. The Balaban J connectivity index is 0.00000162. The van der Waals surface area contributed by atoms with E-state index in [-0.39, 0.29) is 18.3 Å². The molecule has 4 nitrogen and oxygen atoms in total. The lowest BCUT2D eigenvalue weighted by atomic mass is 10.2. The van der Waals surface area contributed by atoms with Gasteiger partial charge in [0, 0.05) is 18.7 Å². The summed E-state index contributed by atoms with van der Waals surface area (Å²) in [4.78, 5) is 11.6. The number of carbonyl (C=O) groups is 1. The molecule has 3 N–H and O–H groups in total. The Morgan fingerprint density at radius 3 is 2.56 bits per heavy atom. The van der Waals surface area contributed by atoms with Gasteiger partial charge in [-0.15, -0.1) is 12.4 Å². The zero-order chi connectivity index (χ0) is 12.1. The van der Waals surface area contributed by atoms with E-state index >= 15 is 0 Å². The van der Waals surface area contributed by atoms with E-state index in [2.05, 4.69) is 5.32 Å². The fraction of sp³-hybridized carbons (Fsp3) is 0.462. The predicted octanol–water partition coefficient (Wildman–Crippen LogP) is 2.18. The first kappa shape index (κ1) is 14.8. The zero-order valence-electron chi connectivity index (χ0n) is 10.2. The van der Waals surface area contributed by atoms with Crippen LogP contribution in [0.5, 0.6) is 5.75 Å². The van der Waals surface area contributed by atoms with Gasteiger partial charge in [0.2, 0.25) is 5.91 Å². The minimum Gasteiger partial charge on any atom is -0.492 e. The molecule has 0 saturated heterocycles. The molecule has 0 heterocycles. The van der Waals surface area contributed by atoms with Gasteiger partial charge in [-0.1, -0.05) is 0 Å². The Bertz CT molecular complexity index is 377. The number of hydrogen-bond acceptors (Lipinski definition) is 3. The Labute approximate surface area is 113 Å². The van der Waals surface area contributed by atoms with Gasteiger partial charge in [0.15, 0.2) is 0 Å². The summed E-state index contributed by atoms with van der Waals surface area (Å²) < 4.78 is 5.35. The molecular weight excluding hydrogens is 252 g/mol. The van der Waals surface area contributed by atoms with Gasteiger partial charge in [-0.25, -0.2) is 0 Å². The fourth-order valence-corrected chi connectivity index (χ4v) is 1.61. The highest BCUT2D eigenvalue weighted by molar-refractivity contribution is 5.91. The highest BCUT2D eigenvalue weighted by atomic mass is 35.5. The topological polar surface area (TPSA) is 64.3 Å². The average molecular weight is 271 g/mol. The summed E-state index contributed by atoms with van der Waals surface area (Å²) in [6, 6.07) is 7.36. The molecule has 1 aromatic rings. The van der Waals surface area contributed by atoms with Gasteiger partial charge in [-0.2, -0.15) is 0 Å². The van der Waals surface area contributed by atoms with Gasteiger partial charge in [0.05, 0.1) is 0 Å². The van der Waals surface area contributed by atoms with Crippen molar-refractivity contribution < 1.29 is 9.53 Å². The molecule has 1 saturated carbocycles. The second-order valence-electron chi connectivity index (χ2n) is 4.36. The summed E-state index contributed by atoms with van der Waals surface area (Å²) >= 11 is 0. The molecule has 5 heteroatoms. The van der Waals surface area contributed by atoms with E-state index in [4.69, 9.17) is 10.5 Å². The van der Waals surface area contributed by atoms with Crippen molar-refractivity contribution in [2.75, 3.05) is 18.5 Å². The smallest absolute Gasteiger partial charge is 0.224 e. The fourth-order valence-electron chi connectivity index (χ4n) is 1.61. The van der Waals surface area contributed by atoms with Crippen LogP contribution in [0.2, 0.25) is 0 Å². The maximum Gasteiger partial charge on any atom is 0.224 e. The molecule has 18 heavy (non-hydrogen) atoms. The number of carbonyl (C=O) groups excluding carboxylic acids is 1. The van der Waals surface area contributed by atoms with Crippen LogP contribution < -0.4 is 15.8 Å². The standard InChI is InChI=1S/C13H18N2O2.ClH/c14-7-8-17-12-5-3-11(4-6-12)15-13(16)9-10-1-2-10;/h3-6,10H,1-2,7-9,14H2,(H,15,16);1H. The van der Waals surface area contributed by atoms with Crippen LogP contribution >= 0.6 is 12.4 Å². The molecule has 0 spiro atoms. The van der Waals surface area contributed by atoms with Gasteiger partial charge < -0.3 is 15.8 Å². The van der Waals surface area contributed by atoms with Crippen molar-refractivity contribution in [2.45, 2.75) is 19.3 Å². The third-order valence-corrected chi connectivity index (χ3v) is 2.70. The van der Waals surface area contributed by atoms with Gasteiger partial charge in [-0.05, 0) is 43.0 Å². The summed E-state index contributed by atoms with van der Waals surface area (Å²) in [6.07, 6.45) is 3.03. The predicted molar refractivity (Wildman–Crippen MR) is 74.2 cm³/mol. The number of nitrogens with two attached hydrogens (primary N) is 1. The first-order chi connectivity index (χ1) is 8.28. The minimum absolute atomic E-state index is 0. The molecule has 0 radical (unpaired) electrons. The normalized spacial score (nSPS) is 13.6. The lowest BCUT2D eigenvalue weighted by molar-refractivity contribution is -0.116. The first-order valence-corrected chi connectivity index (χ1v) is 6.00. The monoisotopic (exact) mass is 270 g/mol. The van der Waals surface area contributed by atoms with Gasteiger partial charge >= 0.3 is 0 Å². The molecule has 0 aliphatic heterocycles. The number of amides is 1. The Morgan fingerprint density at radius 2 is 2.00 bits per heavy atom. The summed E-state index contributed by atoms with van der Waals surface area (Å²) in [5, 5.41) is 2.88. The van der Waals surface area contributed by atoms with Crippen molar-refractivity contribution in [2.24, 2.45) is 11.7 Å². The molecule has 0 atom stereocenters. The van der Waals surface area contributed by atoms with Crippen molar-refractivity contribution in [1.82, 2.24) is 0 Å². The van der Waals surface area contributed by atoms with E-state index in [0.29, 0.717) is 25.5 Å². The molecule has 2 rings (SSSR count). The Morgan fingerprint density at radius 1 is 1.33 bits per heavy atom. The summed E-state index contributed by atoms with van der Waals surface area (Å²) in [5.41, 5.74) is 6.16. The summed E-state index contributed by atoms with van der Waals surface area (Å²) in [5.74, 6) is 1.49. The first-order valence-electron chi connectivity index (χ1n) is 6.00. The number of rotatable bonds is 6. The second kappa shape index (κ2) is 7.24. The van der Waals surface area contributed by atoms with Gasteiger partial charge in [-0.3, -0.25) is 4.79 Å². The molecule has 0 unspecified atom stereocenters. The molecule has 100 valence electrons. The molecular formula is C13H19ClN2O2. The van der Waals surface area contributed by atoms with E-state index in [1.165, 1.54) is 12.8 Å². The SMILES string of the molecule is Cl.NCCOc1ccc(NC(=O)CC2CC2)cc1. The number of hydrogen-bond donors (Lipinski definition) is 2. The Hall–Kier alpha value is -1.26. The van der Waals surface area contributed by atoms with Crippen LogP contribution in [-0.2, 0) is 4.79 Å². The largest absolute Gasteiger partial charge is 0.492 e. The van der Waals surface area contributed by atoms with Crippen molar-refractivity contribution in [3.63, 3.8) is 0 Å². The highest BCUT2D eigenvalue weighted by Gasteiger charge is 2.24. The third kappa shape index (κ3) is 4.94. The van der Waals surface area contributed by atoms with Crippen molar-refractivity contribution in [1.29, 1.82) is 0 Å². The van der Waals surface area contributed by atoms with Crippen LogP contribution in [0, 0.1) is 5.92 Å². The molecule has 1 aromatic carbocycles. The maximum absolute atomic E-state index is 11.6. The highest BCUT2D eigenvalue weighted by Crippen LogP contribution is 2.32. The molecule has 1 aliphatic carbocycles. The van der Waals surface area contributed by atoms with Crippen LogP contribution in [0.4, 0.5) is 5.69 Å². The van der Waals surface area contributed by atoms with E-state index in [9.17, 15) is 4.79 Å².